The minimum atomic E-state index is -0.469. The number of rotatable bonds is 15. The molecule has 1 atom stereocenters. The Balaban J connectivity index is 2.15. The standard InChI is InChI=1S/C23H40N4O2/c1-4-5-6-8-15-26-23(29)21(24)10-7-9-16-25-22(28)20-13-11-19(12-14-20)17-27-18(2)3/h11-14,18,21,27H,4-10,15-17,24H2,1-3H3,(H,25,28)(H,26,29). The normalized spacial score (nSPS) is 12.0. The number of carbonyl (C=O) groups excluding carboxylic acids is 2. The van der Waals surface area contributed by atoms with Crippen LogP contribution in [0.25, 0.3) is 0 Å². The monoisotopic (exact) mass is 404 g/mol. The Bertz CT molecular complexity index is 587. The third-order valence-corrected chi connectivity index (χ3v) is 4.82. The molecule has 0 spiro atoms. The van der Waals surface area contributed by atoms with Crippen molar-refractivity contribution in [2.24, 2.45) is 5.73 Å². The van der Waals surface area contributed by atoms with Gasteiger partial charge in [0, 0.05) is 31.2 Å². The molecule has 2 amide bonds. The van der Waals surface area contributed by atoms with Gasteiger partial charge in [0.1, 0.15) is 0 Å². The molecular weight excluding hydrogens is 364 g/mol. The Morgan fingerprint density at radius 1 is 0.931 bits per heavy atom. The van der Waals surface area contributed by atoms with E-state index in [9.17, 15) is 9.59 Å². The number of carbonyl (C=O) groups is 2. The van der Waals surface area contributed by atoms with Gasteiger partial charge in [-0.05, 0) is 43.4 Å². The van der Waals surface area contributed by atoms with Crippen LogP contribution in [-0.2, 0) is 11.3 Å². The summed E-state index contributed by atoms with van der Waals surface area (Å²) in [7, 11) is 0. The van der Waals surface area contributed by atoms with E-state index < -0.39 is 6.04 Å². The first-order valence-corrected chi connectivity index (χ1v) is 11.1. The molecule has 1 aromatic rings. The second-order valence-electron chi connectivity index (χ2n) is 7.94. The Morgan fingerprint density at radius 2 is 1.59 bits per heavy atom. The Morgan fingerprint density at radius 3 is 2.24 bits per heavy atom. The molecule has 29 heavy (non-hydrogen) atoms. The van der Waals surface area contributed by atoms with Crippen LogP contribution >= 0.6 is 0 Å². The summed E-state index contributed by atoms with van der Waals surface area (Å²) in [5, 5.41) is 9.19. The van der Waals surface area contributed by atoms with E-state index in [4.69, 9.17) is 5.73 Å². The highest BCUT2D eigenvalue weighted by atomic mass is 16.2. The van der Waals surface area contributed by atoms with E-state index in [1.165, 1.54) is 12.8 Å². The van der Waals surface area contributed by atoms with Crippen molar-refractivity contribution in [1.29, 1.82) is 0 Å². The van der Waals surface area contributed by atoms with Crippen molar-refractivity contribution in [3.63, 3.8) is 0 Å². The van der Waals surface area contributed by atoms with Gasteiger partial charge in [-0.1, -0.05) is 52.2 Å². The summed E-state index contributed by atoms with van der Waals surface area (Å²) in [6, 6.07) is 7.63. The molecule has 164 valence electrons. The van der Waals surface area contributed by atoms with Crippen LogP contribution in [-0.4, -0.2) is 37.0 Å². The van der Waals surface area contributed by atoms with E-state index in [1.54, 1.807) is 0 Å². The molecule has 0 fully saturated rings. The molecule has 0 radical (unpaired) electrons. The Kier molecular flexibility index (Phi) is 13.0. The molecule has 6 heteroatoms. The van der Waals surface area contributed by atoms with Crippen molar-refractivity contribution >= 4 is 11.8 Å². The Hall–Kier alpha value is -1.92. The smallest absolute Gasteiger partial charge is 0.251 e. The van der Waals surface area contributed by atoms with Gasteiger partial charge in [0.2, 0.25) is 5.91 Å². The van der Waals surface area contributed by atoms with Crippen molar-refractivity contribution < 1.29 is 9.59 Å². The lowest BCUT2D eigenvalue weighted by atomic mass is 10.1. The third-order valence-electron chi connectivity index (χ3n) is 4.82. The van der Waals surface area contributed by atoms with Gasteiger partial charge in [-0.2, -0.15) is 0 Å². The van der Waals surface area contributed by atoms with Crippen molar-refractivity contribution in [3.05, 3.63) is 35.4 Å². The first kappa shape index (κ1) is 25.1. The summed E-state index contributed by atoms with van der Waals surface area (Å²) in [4.78, 5) is 24.1. The molecule has 1 aromatic carbocycles. The number of hydrogen-bond acceptors (Lipinski definition) is 4. The number of benzene rings is 1. The second kappa shape index (κ2) is 15.0. The topological polar surface area (TPSA) is 96.2 Å². The predicted molar refractivity (Wildman–Crippen MR) is 120 cm³/mol. The van der Waals surface area contributed by atoms with Gasteiger partial charge in [-0.15, -0.1) is 0 Å². The van der Waals surface area contributed by atoms with Gasteiger partial charge >= 0.3 is 0 Å². The molecule has 0 saturated heterocycles. The maximum Gasteiger partial charge on any atom is 0.251 e. The lowest BCUT2D eigenvalue weighted by Crippen LogP contribution is -2.41. The van der Waals surface area contributed by atoms with Gasteiger partial charge in [-0.25, -0.2) is 0 Å². The van der Waals surface area contributed by atoms with Crippen molar-refractivity contribution in [2.75, 3.05) is 13.1 Å². The van der Waals surface area contributed by atoms with Crippen molar-refractivity contribution in [3.8, 4) is 0 Å². The molecule has 5 N–H and O–H groups in total. The van der Waals surface area contributed by atoms with Gasteiger partial charge < -0.3 is 21.7 Å². The van der Waals surface area contributed by atoms with Gasteiger partial charge in [0.25, 0.3) is 5.91 Å². The molecule has 0 aliphatic heterocycles. The Labute approximate surface area is 176 Å². The zero-order valence-corrected chi connectivity index (χ0v) is 18.4. The van der Waals surface area contributed by atoms with Crippen LogP contribution in [0.15, 0.2) is 24.3 Å². The van der Waals surface area contributed by atoms with Gasteiger partial charge in [0.05, 0.1) is 6.04 Å². The third kappa shape index (κ3) is 11.6. The summed E-state index contributed by atoms with van der Waals surface area (Å²) in [6.07, 6.45) is 6.79. The number of amides is 2. The van der Waals surface area contributed by atoms with E-state index in [-0.39, 0.29) is 11.8 Å². The summed E-state index contributed by atoms with van der Waals surface area (Å²) in [6.45, 7) is 8.46. The quantitative estimate of drug-likeness (QED) is 0.338. The van der Waals surface area contributed by atoms with E-state index in [0.717, 1.165) is 37.8 Å². The van der Waals surface area contributed by atoms with Crippen LogP contribution in [0.4, 0.5) is 0 Å². The predicted octanol–water partition coefficient (Wildman–Crippen LogP) is 3.11. The molecular formula is C23H40N4O2. The minimum Gasteiger partial charge on any atom is -0.355 e. The van der Waals surface area contributed by atoms with E-state index in [1.807, 2.05) is 24.3 Å². The van der Waals surface area contributed by atoms with Gasteiger partial charge in [-0.3, -0.25) is 9.59 Å². The fourth-order valence-corrected chi connectivity index (χ4v) is 2.91. The molecule has 0 saturated carbocycles. The van der Waals surface area contributed by atoms with Crippen molar-refractivity contribution in [1.82, 2.24) is 16.0 Å². The van der Waals surface area contributed by atoms with Gasteiger partial charge in [0.15, 0.2) is 0 Å². The molecule has 0 bridgehead atoms. The second-order valence-corrected chi connectivity index (χ2v) is 7.94. The average molecular weight is 405 g/mol. The first-order chi connectivity index (χ1) is 13.9. The lowest BCUT2D eigenvalue weighted by molar-refractivity contribution is -0.122. The summed E-state index contributed by atoms with van der Waals surface area (Å²) < 4.78 is 0. The molecule has 0 heterocycles. The molecule has 1 rings (SSSR count). The fraction of sp³-hybridized carbons (Fsp3) is 0.652. The van der Waals surface area contributed by atoms with Crippen LogP contribution in [0.3, 0.4) is 0 Å². The number of nitrogens with one attached hydrogen (secondary N) is 3. The zero-order chi connectivity index (χ0) is 21.5. The fourth-order valence-electron chi connectivity index (χ4n) is 2.91. The van der Waals surface area contributed by atoms with Crippen LogP contribution < -0.4 is 21.7 Å². The maximum atomic E-state index is 12.2. The molecule has 1 unspecified atom stereocenters. The summed E-state index contributed by atoms with van der Waals surface area (Å²) in [5.41, 5.74) is 7.77. The largest absolute Gasteiger partial charge is 0.355 e. The van der Waals surface area contributed by atoms with E-state index >= 15 is 0 Å². The van der Waals surface area contributed by atoms with Crippen LogP contribution in [0.5, 0.6) is 0 Å². The highest BCUT2D eigenvalue weighted by molar-refractivity contribution is 5.94. The van der Waals surface area contributed by atoms with Crippen LogP contribution in [0.2, 0.25) is 0 Å². The average Bonchev–Trinajstić information content (AvgIpc) is 2.71. The van der Waals surface area contributed by atoms with Crippen molar-refractivity contribution in [2.45, 2.75) is 84.3 Å². The highest BCUT2D eigenvalue weighted by Crippen LogP contribution is 2.05. The molecule has 0 aromatic heterocycles. The van der Waals surface area contributed by atoms with E-state index in [0.29, 0.717) is 31.1 Å². The zero-order valence-electron chi connectivity index (χ0n) is 18.4. The number of nitrogens with two attached hydrogens (primary N) is 1. The lowest BCUT2D eigenvalue weighted by Gasteiger charge is -2.12. The molecule has 0 aliphatic rings. The minimum absolute atomic E-state index is 0.0671. The summed E-state index contributed by atoms with van der Waals surface area (Å²) >= 11 is 0. The van der Waals surface area contributed by atoms with E-state index in [2.05, 4.69) is 36.7 Å². The van der Waals surface area contributed by atoms with Crippen LogP contribution in [0.1, 0.15) is 81.6 Å². The SMILES string of the molecule is CCCCCCNC(=O)C(N)CCCCNC(=O)c1ccc(CNC(C)C)cc1. The highest BCUT2D eigenvalue weighted by Gasteiger charge is 2.12. The number of hydrogen-bond donors (Lipinski definition) is 4. The van der Waals surface area contributed by atoms with Crippen LogP contribution in [0, 0.1) is 0 Å². The maximum absolute atomic E-state index is 12.2. The molecule has 0 aliphatic carbocycles. The summed E-state index contributed by atoms with van der Waals surface area (Å²) in [5.74, 6) is -0.139. The first-order valence-electron chi connectivity index (χ1n) is 11.1. The molecule has 6 nitrogen and oxygen atoms in total. The number of unbranched alkanes of at least 4 members (excludes halogenated alkanes) is 4.